The van der Waals surface area contributed by atoms with Crippen LogP contribution in [0.15, 0.2) is 57.8 Å². The van der Waals surface area contributed by atoms with E-state index in [4.69, 9.17) is 4.42 Å². The Morgan fingerprint density at radius 1 is 0.964 bits per heavy atom. The Hall–Kier alpha value is -3.53. The quantitative estimate of drug-likeness (QED) is 0.644. The van der Waals surface area contributed by atoms with E-state index < -0.39 is 21.7 Å². The van der Waals surface area contributed by atoms with Gasteiger partial charge in [0.1, 0.15) is 0 Å². The molecule has 0 atom stereocenters. The zero-order valence-corrected chi connectivity index (χ0v) is 15.7. The fourth-order valence-electron chi connectivity index (χ4n) is 2.28. The summed E-state index contributed by atoms with van der Waals surface area (Å²) >= 11 is 0. The van der Waals surface area contributed by atoms with Crippen molar-refractivity contribution in [1.29, 1.82) is 0 Å². The molecule has 10 heteroatoms. The molecular weight excluding hydrogens is 386 g/mol. The van der Waals surface area contributed by atoms with E-state index in [2.05, 4.69) is 20.3 Å². The number of methoxy groups -OCH3 is 1. The second-order valence-corrected chi connectivity index (χ2v) is 7.75. The number of benzene rings is 2. The molecule has 0 fully saturated rings. The standard InChI is InChI=1S/C18H15N3O6S/c1-26-17(23)13-5-3-11(4-6-13)15(22)19-18-21-20-16(27-18)12-7-9-14(10-8-12)28(2,24)25/h3-10H,1-2H3,(H,19,21,22). The van der Waals surface area contributed by atoms with Crippen molar-refractivity contribution >= 4 is 27.7 Å². The second-order valence-electron chi connectivity index (χ2n) is 5.73. The molecule has 0 unspecified atom stereocenters. The van der Waals surface area contributed by atoms with E-state index in [1.165, 1.54) is 55.6 Å². The van der Waals surface area contributed by atoms with Gasteiger partial charge in [-0.25, -0.2) is 13.2 Å². The number of nitrogens with zero attached hydrogens (tertiary/aromatic N) is 2. The van der Waals surface area contributed by atoms with Crippen molar-refractivity contribution in [2.75, 3.05) is 18.7 Å². The molecule has 144 valence electrons. The van der Waals surface area contributed by atoms with Gasteiger partial charge in [-0.05, 0) is 48.5 Å². The van der Waals surface area contributed by atoms with Crippen molar-refractivity contribution < 1.29 is 27.2 Å². The maximum Gasteiger partial charge on any atom is 0.337 e. The molecule has 3 rings (SSSR count). The topological polar surface area (TPSA) is 128 Å². The zero-order valence-electron chi connectivity index (χ0n) is 14.9. The summed E-state index contributed by atoms with van der Waals surface area (Å²) in [6.45, 7) is 0. The normalized spacial score (nSPS) is 11.1. The number of anilines is 1. The molecule has 0 saturated heterocycles. The molecule has 0 aliphatic heterocycles. The Balaban J connectivity index is 1.72. The summed E-state index contributed by atoms with van der Waals surface area (Å²) in [7, 11) is -2.04. The first-order valence-electron chi connectivity index (χ1n) is 7.91. The third kappa shape index (κ3) is 4.23. The average Bonchev–Trinajstić information content (AvgIpc) is 3.15. The van der Waals surface area contributed by atoms with Crippen molar-refractivity contribution in [3.63, 3.8) is 0 Å². The van der Waals surface area contributed by atoms with Gasteiger partial charge >= 0.3 is 12.0 Å². The number of hydrogen-bond acceptors (Lipinski definition) is 8. The van der Waals surface area contributed by atoms with E-state index in [0.29, 0.717) is 11.1 Å². The number of ether oxygens (including phenoxy) is 1. The van der Waals surface area contributed by atoms with Gasteiger partial charge in [-0.15, -0.1) is 5.10 Å². The Morgan fingerprint density at radius 3 is 2.14 bits per heavy atom. The maximum absolute atomic E-state index is 12.2. The summed E-state index contributed by atoms with van der Waals surface area (Å²) in [5.41, 5.74) is 1.10. The van der Waals surface area contributed by atoms with Gasteiger partial charge in [-0.2, -0.15) is 0 Å². The highest BCUT2D eigenvalue weighted by Gasteiger charge is 2.15. The van der Waals surface area contributed by atoms with Gasteiger partial charge < -0.3 is 9.15 Å². The number of carbonyl (C=O) groups excluding carboxylic acids is 2. The van der Waals surface area contributed by atoms with Crippen molar-refractivity contribution in [2.24, 2.45) is 0 Å². The fourth-order valence-corrected chi connectivity index (χ4v) is 2.91. The number of sulfone groups is 1. The number of carbonyl (C=O) groups is 2. The molecular formula is C18H15N3O6S. The van der Waals surface area contributed by atoms with Crippen LogP contribution >= 0.6 is 0 Å². The average molecular weight is 401 g/mol. The summed E-state index contributed by atoms with van der Waals surface area (Å²) in [6.07, 6.45) is 1.11. The summed E-state index contributed by atoms with van der Waals surface area (Å²) in [5.74, 6) is -0.883. The minimum atomic E-state index is -3.31. The third-order valence-corrected chi connectivity index (χ3v) is 4.87. The summed E-state index contributed by atoms with van der Waals surface area (Å²) in [5, 5.41) is 10.0. The minimum Gasteiger partial charge on any atom is -0.465 e. The highest BCUT2D eigenvalue weighted by atomic mass is 32.2. The predicted molar refractivity (Wildman–Crippen MR) is 98.6 cm³/mol. The van der Waals surface area contributed by atoms with Crippen molar-refractivity contribution in [3.05, 3.63) is 59.7 Å². The van der Waals surface area contributed by atoms with Gasteiger partial charge in [-0.1, -0.05) is 5.10 Å². The molecule has 3 aromatic rings. The van der Waals surface area contributed by atoms with Crippen LogP contribution in [0.4, 0.5) is 6.01 Å². The lowest BCUT2D eigenvalue weighted by Crippen LogP contribution is -2.12. The van der Waals surface area contributed by atoms with Crippen LogP contribution in [0.5, 0.6) is 0 Å². The number of rotatable bonds is 5. The van der Waals surface area contributed by atoms with Crippen LogP contribution in [0.2, 0.25) is 0 Å². The summed E-state index contributed by atoms with van der Waals surface area (Å²) < 4.78 is 33.0. The Labute approximate surface area is 160 Å². The smallest absolute Gasteiger partial charge is 0.337 e. The minimum absolute atomic E-state index is 0.121. The van der Waals surface area contributed by atoms with Crippen molar-refractivity contribution in [2.45, 2.75) is 4.90 Å². The molecule has 1 heterocycles. The Kier molecular flexibility index (Phi) is 5.23. The number of aromatic nitrogens is 2. The van der Waals surface area contributed by atoms with Gasteiger partial charge in [-0.3, -0.25) is 10.1 Å². The fraction of sp³-hybridized carbons (Fsp3) is 0.111. The van der Waals surface area contributed by atoms with Crippen LogP contribution < -0.4 is 5.32 Å². The first-order valence-corrected chi connectivity index (χ1v) is 9.81. The molecule has 0 bridgehead atoms. The van der Waals surface area contributed by atoms with Gasteiger partial charge in [0.2, 0.25) is 5.89 Å². The molecule has 1 N–H and O–H groups in total. The molecule has 0 aliphatic carbocycles. The van der Waals surface area contributed by atoms with Gasteiger partial charge in [0.25, 0.3) is 5.91 Å². The maximum atomic E-state index is 12.2. The summed E-state index contributed by atoms with van der Waals surface area (Å²) in [4.78, 5) is 23.8. The molecule has 0 saturated carbocycles. The van der Waals surface area contributed by atoms with Gasteiger partial charge in [0, 0.05) is 17.4 Å². The number of amides is 1. The highest BCUT2D eigenvalue weighted by molar-refractivity contribution is 7.90. The van der Waals surface area contributed by atoms with E-state index in [0.717, 1.165) is 6.26 Å². The van der Waals surface area contributed by atoms with Crippen LogP contribution in [0.1, 0.15) is 20.7 Å². The monoisotopic (exact) mass is 401 g/mol. The van der Waals surface area contributed by atoms with Crippen LogP contribution in [-0.2, 0) is 14.6 Å². The van der Waals surface area contributed by atoms with Gasteiger partial charge in [0.05, 0.1) is 17.6 Å². The number of hydrogen-bond donors (Lipinski definition) is 1. The molecule has 0 aliphatic rings. The molecule has 0 spiro atoms. The van der Waals surface area contributed by atoms with Crippen molar-refractivity contribution in [3.8, 4) is 11.5 Å². The lowest BCUT2D eigenvalue weighted by Gasteiger charge is -2.02. The van der Waals surface area contributed by atoms with Crippen LogP contribution in [0, 0.1) is 0 Å². The zero-order chi connectivity index (χ0) is 20.3. The highest BCUT2D eigenvalue weighted by Crippen LogP contribution is 2.22. The van der Waals surface area contributed by atoms with E-state index in [9.17, 15) is 18.0 Å². The third-order valence-electron chi connectivity index (χ3n) is 3.74. The first kappa shape index (κ1) is 19.2. The molecule has 28 heavy (non-hydrogen) atoms. The lowest BCUT2D eigenvalue weighted by atomic mass is 10.1. The number of nitrogens with one attached hydrogen (secondary N) is 1. The Morgan fingerprint density at radius 2 is 1.57 bits per heavy atom. The largest absolute Gasteiger partial charge is 0.465 e. The molecule has 2 aromatic carbocycles. The summed E-state index contributed by atoms with van der Waals surface area (Å²) in [6, 6.07) is 11.6. The van der Waals surface area contributed by atoms with Crippen LogP contribution in [-0.4, -0.2) is 43.9 Å². The molecule has 1 amide bonds. The Bertz CT molecular complexity index is 1120. The van der Waals surface area contributed by atoms with E-state index in [1.807, 2.05) is 0 Å². The van der Waals surface area contributed by atoms with Crippen LogP contribution in [0.25, 0.3) is 11.5 Å². The van der Waals surface area contributed by atoms with E-state index in [1.54, 1.807) is 0 Å². The van der Waals surface area contributed by atoms with Gasteiger partial charge in [0.15, 0.2) is 9.84 Å². The van der Waals surface area contributed by atoms with Crippen LogP contribution in [0.3, 0.4) is 0 Å². The van der Waals surface area contributed by atoms with E-state index >= 15 is 0 Å². The van der Waals surface area contributed by atoms with E-state index in [-0.39, 0.29) is 22.4 Å². The number of esters is 1. The predicted octanol–water partition coefficient (Wildman–Crippen LogP) is 2.18. The molecule has 1 aromatic heterocycles. The first-order chi connectivity index (χ1) is 13.3. The molecule has 0 radical (unpaired) electrons. The lowest BCUT2D eigenvalue weighted by molar-refractivity contribution is 0.0600. The molecule has 9 nitrogen and oxygen atoms in total. The van der Waals surface area contributed by atoms with Crippen molar-refractivity contribution in [1.82, 2.24) is 10.2 Å². The second kappa shape index (κ2) is 7.61. The SMILES string of the molecule is COC(=O)c1ccc(C(=O)Nc2nnc(-c3ccc(S(C)(=O)=O)cc3)o2)cc1.